The van der Waals surface area contributed by atoms with Crippen LogP contribution < -0.4 is 0 Å². The van der Waals surface area contributed by atoms with E-state index < -0.39 is 11.4 Å². The van der Waals surface area contributed by atoms with E-state index >= 15 is 0 Å². The highest BCUT2D eigenvalue weighted by Gasteiger charge is 2.62. The van der Waals surface area contributed by atoms with E-state index in [9.17, 15) is 9.90 Å². The van der Waals surface area contributed by atoms with Crippen molar-refractivity contribution in [3.05, 3.63) is 11.6 Å². The molecule has 5 atom stereocenters. The second-order valence-electron chi connectivity index (χ2n) is 7.56. The van der Waals surface area contributed by atoms with Crippen molar-refractivity contribution in [1.82, 2.24) is 0 Å². The number of carboxylic acid groups (broad SMARTS) is 1. The van der Waals surface area contributed by atoms with Crippen molar-refractivity contribution in [2.24, 2.45) is 5.41 Å². The highest BCUT2D eigenvalue weighted by molar-refractivity contribution is 5.75. The minimum Gasteiger partial charge on any atom is -0.481 e. The maximum absolute atomic E-state index is 11.9. The average molecular weight is 278 g/mol. The van der Waals surface area contributed by atoms with Gasteiger partial charge in [0.15, 0.2) is 0 Å². The lowest BCUT2D eigenvalue weighted by Crippen LogP contribution is -2.39. The van der Waals surface area contributed by atoms with E-state index in [0.717, 1.165) is 25.7 Å². The fourth-order valence-corrected chi connectivity index (χ4v) is 4.10. The minimum atomic E-state index is -0.652. The number of hydrogen-bond donors (Lipinski definition) is 1. The summed E-state index contributed by atoms with van der Waals surface area (Å²) in [7, 11) is 0. The van der Waals surface area contributed by atoms with E-state index in [1.807, 2.05) is 0 Å². The molecule has 2 aliphatic carbocycles. The van der Waals surface area contributed by atoms with Crippen molar-refractivity contribution < 1.29 is 19.4 Å². The SMILES string of the molecule is CC12CCC(CC3(C(=O)O)CCC4(C)OC4C3)=CC1O2. The lowest BCUT2D eigenvalue weighted by atomic mass is 9.66. The maximum atomic E-state index is 11.9. The predicted octanol–water partition coefficient (Wildman–Crippen LogP) is 2.67. The Balaban J connectivity index is 1.53. The van der Waals surface area contributed by atoms with Crippen molar-refractivity contribution >= 4 is 5.97 Å². The van der Waals surface area contributed by atoms with Gasteiger partial charge in [0.25, 0.3) is 0 Å². The molecule has 2 aliphatic heterocycles. The van der Waals surface area contributed by atoms with Crippen LogP contribution in [0.15, 0.2) is 11.6 Å². The summed E-state index contributed by atoms with van der Waals surface area (Å²) >= 11 is 0. The van der Waals surface area contributed by atoms with Crippen molar-refractivity contribution in [2.75, 3.05) is 0 Å². The first-order valence-corrected chi connectivity index (χ1v) is 7.64. The van der Waals surface area contributed by atoms with Crippen molar-refractivity contribution in [3.8, 4) is 0 Å². The van der Waals surface area contributed by atoms with Crippen LogP contribution in [0.1, 0.15) is 52.4 Å². The van der Waals surface area contributed by atoms with E-state index in [0.29, 0.717) is 12.8 Å². The molecule has 4 rings (SSSR count). The molecule has 0 aromatic heterocycles. The molecule has 1 N–H and O–H groups in total. The van der Waals surface area contributed by atoms with Gasteiger partial charge in [-0.1, -0.05) is 11.6 Å². The summed E-state index contributed by atoms with van der Waals surface area (Å²) in [5.74, 6) is -0.652. The molecule has 2 saturated heterocycles. The van der Waals surface area contributed by atoms with E-state index in [2.05, 4.69) is 19.9 Å². The third kappa shape index (κ3) is 1.77. The molecular weight excluding hydrogens is 256 g/mol. The molecule has 3 fully saturated rings. The van der Waals surface area contributed by atoms with E-state index in [1.165, 1.54) is 5.57 Å². The molecule has 2 heterocycles. The maximum Gasteiger partial charge on any atom is 0.310 e. The van der Waals surface area contributed by atoms with Gasteiger partial charge in [0.1, 0.15) is 6.10 Å². The van der Waals surface area contributed by atoms with Crippen molar-refractivity contribution in [1.29, 1.82) is 0 Å². The summed E-state index contributed by atoms with van der Waals surface area (Å²) < 4.78 is 11.4. The summed E-state index contributed by atoms with van der Waals surface area (Å²) in [6.07, 6.45) is 7.50. The van der Waals surface area contributed by atoms with Crippen LogP contribution in [-0.2, 0) is 14.3 Å². The van der Waals surface area contributed by atoms with Crippen molar-refractivity contribution in [3.63, 3.8) is 0 Å². The molecule has 0 aromatic carbocycles. The molecule has 0 aromatic rings. The molecule has 1 saturated carbocycles. The first kappa shape index (κ1) is 12.8. The number of carbonyl (C=O) groups is 1. The van der Waals surface area contributed by atoms with Gasteiger partial charge in [-0.05, 0) is 52.4 Å². The van der Waals surface area contributed by atoms with Crippen LogP contribution in [0, 0.1) is 5.41 Å². The topological polar surface area (TPSA) is 62.4 Å². The molecule has 4 heteroatoms. The highest BCUT2D eigenvalue weighted by atomic mass is 16.6. The zero-order chi connectivity index (χ0) is 14.2. The second-order valence-corrected chi connectivity index (χ2v) is 7.56. The average Bonchev–Trinajstić information content (AvgIpc) is 3.23. The smallest absolute Gasteiger partial charge is 0.310 e. The zero-order valence-corrected chi connectivity index (χ0v) is 12.1. The van der Waals surface area contributed by atoms with E-state index in [1.54, 1.807) is 0 Å². The molecule has 0 amide bonds. The molecule has 4 aliphatic rings. The van der Waals surface area contributed by atoms with Crippen LogP contribution in [0.3, 0.4) is 0 Å². The Morgan fingerprint density at radius 2 is 2.10 bits per heavy atom. The summed E-state index contributed by atoms with van der Waals surface area (Å²) in [5, 5.41) is 9.75. The molecule has 0 radical (unpaired) electrons. The Hall–Kier alpha value is -0.870. The lowest BCUT2D eigenvalue weighted by Gasteiger charge is -2.34. The number of fused-ring (bicyclic) bond motifs is 2. The summed E-state index contributed by atoms with van der Waals surface area (Å²) in [5.41, 5.74) is 0.675. The Kier molecular flexibility index (Phi) is 2.35. The van der Waals surface area contributed by atoms with Gasteiger partial charge in [0.05, 0.1) is 22.7 Å². The summed E-state index contributed by atoms with van der Waals surface area (Å²) in [6, 6.07) is 0. The van der Waals surface area contributed by atoms with Crippen LogP contribution in [-0.4, -0.2) is 34.5 Å². The second kappa shape index (κ2) is 3.66. The van der Waals surface area contributed by atoms with Gasteiger partial charge in [-0.25, -0.2) is 0 Å². The predicted molar refractivity (Wildman–Crippen MR) is 72.4 cm³/mol. The molecule has 110 valence electrons. The highest BCUT2D eigenvalue weighted by Crippen LogP contribution is 2.57. The Labute approximate surface area is 119 Å². The Morgan fingerprint density at radius 1 is 1.30 bits per heavy atom. The largest absolute Gasteiger partial charge is 0.481 e. The van der Waals surface area contributed by atoms with Gasteiger partial charge in [0, 0.05) is 0 Å². The van der Waals surface area contributed by atoms with Crippen LogP contribution in [0.2, 0.25) is 0 Å². The van der Waals surface area contributed by atoms with Gasteiger partial charge >= 0.3 is 5.97 Å². The number of aliphatic carboxylic acids is 1. The number of rotatable bonds is 3. The Bertz CT molecular complexity index is 513. The van der Waals surface area contributed by atoms with E-state index in [-0.39, 0.29) is 23.4 Å². The van der Waals surface area contributed by atoms with Crippen LogP contribution in [0.25, 0.3) is 0 Å². The lowest BCUT2D eigenvalue weighted by molar-refractivity contribution is -0.150. The van der Waals surface area contributed by atoms with Crippen LogP contribution in [0.4, 0.5) is 0 Å². The molecule has 4 nitrogen and oxygen atoms in total. The third-order valence-corrected chi connectivity index (χ3v) is 6.00. The number of epoxide rings is 2. The number of ether oxygens (including phenoxy) is 2. The Morgan fingerprint density at radius 3 is 2.75 bits per heavy atom. The summed E-state index contributed by atoms with van der Waals surface area (Å²) in [6.45, 7) is 4.24. The zero-order valence-electron chi connectivity index (χ0n) is 12.1. The normalized spacial score (nSPS) is 52.6. The molecular formula is C16H22O4. The standard InChI is InChI=1S/C16H22O4/c1-14-4-3-10(7-11(14)19-14)8-16(13(17)18)6-5-15(2)12(9-16)20-15/h7,11-12H,3-6,8-9H2,1-2H3,(H,17,18). The van der Waals surface area contributed by atoms with E-state index in [4.69, 9.17) is 9.47 Å². The van der Waals surface area contributed by atoms with Gasteiger partial charge in [-0.15, -0.1) is 0 Å². The van der Waals surface area contributed by atoms with Crippen LogP contribution >= 0.6 is 0 Å². The fourth-order valence-electron chi connectivity index (χ4n) is 4.10. The monoisotopic (exact) mass is 278 g/mol. The number of hydrogen-bond acceptors (Lipinski definition) is 3. The van der Waals surface area contributed by atoms with Gasteiger partial charge in [-0.3, -0.25) is 4.79 Å². The quantitative estimate of drug-likeness (QED) is 0.637. The molecule has 5 unspecified atom stereocenters. The minimum absolute atomic E-state index is 0.0297. The van der Waals surface area contributed by atoms with Crippen LogP contribution in [0.5, 0.6) is 0 Å². The summed E-state index contributed by atoms with van der Waals surface area (Å²) in [4.78, 5) is 11.9. The number of allylic oxidation sites excluding steroid dienone is 1. The first-order chi connectivity index (χ1) is 9.35. The number of carboxylic acids is 1. The van der Waals surface area contributed by atoms with Gasteiger partial charge in [0.2, 0.25) is 0 Å². The molecule has 0 bridgehead atoms. The van der Waals surface area contributed by atoms with Gasteiger partial charge in [-0.2, -0.15) is 0 Å². The molecule has 0 spiro atoms. The fraction of sp³-hybridized carbons (Fsp3) is 0.812. The third-order valence-electron chi connectivity index (χ3n) is 6.00. The first-order valence-electron chi connectivity index (χ1n) is 7.64. The van der Waals surface area contributed by atoms with Gasteiger partial charge < -0.3 is 14.6 Å². The van der Waals surface area contributed by atoms with Crippen molar-refractivity contribution in [2.45, 2.75) is 75.8 Å². The molecule has 20 heavy (non-hydrogen) atoms.